The van der Waals surface area contributed by atoms with Crippen LogP contribution in [0.2, 0.25) is 0 Å². The zero-order valence-corrected chi connectivity index (χ0v) is 10.5. The Balaban J connectivity index is 1.93. The molecule has 6 nitrogen and oxygen atoms in total. The average Bonchev–Trinajstić information content (AvgIpc) is 2.81. The maximum atomic E-state index is 13.1. The van der Waals surface area contributed by atoms with Crippen LogP contribution in [-0.2, 0) is 0 Å². The van der Waals surface area contributed by atoms with Crippen molar-refractivity contribution in [2.45, 2.75) is 18.8 Å². The average molecular weight is 282 g/mol. The van der Waals surface area contributed by atoms with E-state index in [0.717, 1.165) is 0 Å². The second-order valence-electron chi connectivity index (χ2n) is 4.76. The Labute approximate surface area is 112 Å². The van der Waals surface area contributed by atoms with Crippen molar-refractivity contribution in [3.05, 3.63) is 24.0 Å². The van der Waals surface area contributed by atoms with Gasteiger partial charge in [-0.15, -0.1) is 0 Å². The molecule has 0 saturated carbocycles. The van der Waals surface area contributed by atoms with E-state index in [1.807, 2.05) is 0 Å². The van der Waals surface area contributed by atoms with Crippen LogP contribution in [0.5, 0.6) is 0 Å². The highest BCUT2D eigenvalue weighted by Gasteiger charge is 2.34. The molecule has 0 radical (unpaired) electrons. The van der Waals surface area contributed by atoms with E-state index in [1.165, 1.54) is 10.7 Å². The maximum absolute atomic E-state index is 13.1. The Morgan fingerprint density at radius 1 is 1.35 bits per heavy atom. The predicted molar refractivity (Wildman–Crippen MR) is 66.3 cm³/mol. The third-order valence-electron chi connectivity index (χ3n) is 3.40. The van der Waals surface area contributed by atoms with E-state index in [2.05, 4.69) is 10.1 Å². The van der Waals surface area contributed by atoms with Crippen molar-refractivity contribution in [3.63, 3.8) is 0 Å². The first-order chi connectivity index (χ1) is 9.46. The molecule has 1 aliphatic rings. The van der Waals surface area contributed by atoms with Crippen LogP contribution in [0, 0.1) is 0 Å². The van der Waals surface area contributed by atoms with Gasteiger partial charge in [-0.05, 0) is 6.07 Å². The van der Waals surface area contributed by atoms with Crippen LogP contribution in [-0.4, -0.2) is 44.7 Å². The molecule has 1 aliphatic heterocycles. The van der Waals surface area contributed by atoms with Gasteiger partial charge in [-0.25, -0.2) is 23.1 Å². The zero-order valence-electron chi connectivity index (χ0n) is 10.5. The Kier molecular flexibility index (Phi) is 2.81. The SMILES string of the molecule is O=C(O)c1cnn2ccc(N3CCC(F)(F)CC3)nc12. The molecule has 0 unspecified atom stereocenters. The topological polar surface area (TPSA) is 70.7 Å². The van der Waals surface area contributed by atoms with Crippen LogP contribution >= 0.6 is 0 Å². The Morgan fingerprint density at radius 3 is 2.70 bits per heavy atom. The van der Waals surface area contributed by atoms with E-state index in [1.54, 1.807) is 17.2 Å². The first-order valence-electron chi connectivity index (χ1n) is 6.17. The van der Waals surface area contributed by atoms with Crippen LogP contribution < -0.4 is 4.90 Å². The normalized spacial score (nSPS) is 18.4. The number of aromatic nitrogens is 3. The summed E-state index contributed by atoms with van der Waals surface area (Å²) in [5, 5.41) is 12.9. The zero-order chi connectivity index (χ0) is 14.3. The molecule has 2 aromatic rings. The molecule has 8 heteroatoms. The fraction of sp³-hybridized carbons (Fsp3) is 0.417. The summed E-state index contributed by atoms with van der Waals surface area (Å²) in [7, 11) is 0. The number of aromatic carboxylic acids is 1. The van der Waals surface area contributed by atoms with Gasteiger partial charge in [0.15, 0.2) is 5.65 Å². The predicted octanol–water partition coefficient (Wildman–Crippen LogP) is 1.66. The number of hydrogen-bond donors (Lipinski definition) is 1. The van der Waals surface area contributed by atoms with Crippen LogP contribution in [0.3, 0.4) is 0 Å². The molecular weight excluding hydrogens is 270 g/mol. The first-order valence-corrected chi connectivity index (χ1v) is 6.17. The van der Waals surface area contributed by atoms with Crippen molar-refractivity contribution in [1.29, 1.82) is 0 Å². The van der Waals surface area contributed by atoms with Gasteiger partial charge < -0.3 is 10.0 Å². The molecule has 1 fully saturated rings. The maximum Gasteiger partial charge on any atom is 0.341 e. The van der Waals surface area contributed by atoms with Gasteiger partial charge in [-0.2, -0.15) is 5.10 Å². The molecule has 0 aliphatic carbocycles. The number of fused-ring (bicyclic) bond motifs is 1. The molecule has 1 N–H and O–H groups in total. The van der Waals surface area contributed by atoms with E-state index in [0.29, 0.717) is 5.82 Å². The van der Waals surface area contributed by atoms with Crippen molar-refractivity contribution < 1.29 is 18.7 Å². The summed E-state index contributed by atoms with van der Waals surface area (Å²) in [5.74, 6) is -3.24. The summed E-state index contributed by atoms with van der Waals surface area (Å²) in [6.07, 6.45) is 2.37. The summed E-state index contributed by atoms with van der Waals surface area (Å²) in [4.78, 5) is 17.0. The molecule has 0 amide bonds. The smallest absolute Gasteiger partial charge is 0.341 e. The lowest BCUT2D eigenvalue weighted by atomic mass is 10.1. The highest BCUT2D eigenvalue weighted by molar-refractivity contribution is 5.94. The van der Waals surface area contributed by atoms with E-state index >= 15 is 0 Å². The lowest BCUT2D eigenvalue weighted by molar-refractivity contribution is -0.0221. The van der Waals surface area contributed by atoms with Crippen molar-refractivity contribution >= 4 is 17.4 Å². The van der Waals surface area contributed by atoms with Gasteiger partial charge in [0.2, 0.25) is 0 Å². The lowest BCUT2D eigenvalue weighted by Gasteiger charge is -2.32. The summed E-state index contributed by atoms with van der Waals surface area (Å²) in [6.45, 7) is 0.402. The number of anilines is 1. The molecule has 0 atom stereocenters. The summed E-state index contributed by atoms with van der Waals surface area (Å²) in [5.41, 5.74) is 0.210. The van der Waals surface area contributed by atoms with Gasteiger partial charge in [-0.3, -0.25) is 0 Å². The molecule has 1 saturated heterocycles. The van der Waals surface area contributed by atoms with Crippen LogP contribution in [0.25, 0.3) is 5.65 Å². The minimum atomic E-state index is -2.62. The molecule has 3 heterocycles. The number of rotatable bonds is 2. The Bertz CT molecular complexity index is 661. The number of halogens is 2. The van der Waals surface area contributed by atoms with Gasteiger partial charge in [-0.1, -0.05) is 0 Å². The van der Waals surface area contributed by atoms with Crippen molar-refractivity contribution in [2.24, 2.45) is 0 Å². The van der Waals surface area contributed by atoms with Gasteiger partial charge in [0.1, 0.15) is 11.4 Å². The van der Waals surface area contributed by atoms with E-state index < -0.39 is 11.9 Å². The standard InChI is InChI=1S/C12H12F2N4O2/c13-12(14)2-5-17(6-3-12)9-1-4-18-10(16-9)8(7-15-18)11(19)20/h1,4,7H,2-3,5-6H2,(H,19,20). The quantitative estimate of drug-likeness (QED) is 0.907. The third kappa shape index (κ3) is 2.17. The van der Waals surface area contributed by atoms with Crippen LogP contribution in [0.1, 0.15) is 23.2 Å². The molecule has 3 rings (SSSR count). The van der Waals surface area contributed by atoms with Crippen molar-refractivity contribution in [3.8, 4) is 0 Å². The number of alkyl halides is 2. The highest BCUT2D eigenvalue weighted by Crippen LogP contribution is 2.29. The number of piperidine rings is 1. The van der Waals surface area contributed by atoms with E-state index in [9.17, 15) is 13.6 Å². The number of nitrogens with zero attached hydrogens (tertiary/aromatic N) is 4. The second kappa shape index (κ2) is 4.39. The third-order valence-corrected chi connectivity index (χ3v) is 3.40. The van der Waals surface area contributed by atoms with Crippen LogP contribution in [0.15, 0.2) is 18.5 Å². The highest BCUT2D eigenvalue weighted by atomic mass is 19.3. The number of hydrogen-bond acceptors (Lipinski definition) is 4. The van der Waals surface area contributed by atoms with E-state index in [-0.39, 0.29) is 37.1 Å². The molecule has 0 spiro atoms. The lowest BCUT2D eigenvalue weighted by Crippen LogP contribution is -2.39. The molecule has 2 aromatic heterocycles. The fourth-order valence-electron chi connectivity index (χ4n) is 2.25. The number of carboxylic acids is 1. The van der Waals surface area contributed by atoms with Gasteiger partial charge in [0.05, 0.1) is 6.20 Å². The molecule has 20 heavy (non-hydrogen) atoms. The monoisotopic (exact) mass is 282 g/mol. The Hall–Kier alpha value is -2.25. The van der Waals surface area contributed by atoms with Crippen molar-refractivity contribution in [1.82, 2.24) is 14.6 Å². The number of carbonyl (C=O) groups is 1. The summed E-state index contributed by atoms with van der Waals surface area (Å²) < 4.78 is 27.6. The van der Waals surface area contributed by atoms with Crippen molar-refractivity contribution in [2.75, 3.05) is 18.0 Å². The number of carboxylic acid groups (broad SMARTS) is 1. The second-order valence-corrected chi connectivity index (χ2v) is 4.76. The van der Waals surface area contributed by atoms with E-state index in [4.69, 9.17) is 5.11 Å². The van der Waals surface area contributed by atoms with Gasteiger partial charge >= 0.3 is 5.97 Å². The minimum absolute atomic E-state index is 0.00538. The van der Waals surface area contributed by atoms with Gasteiger partial charge in [0, 0.05) is 32.1 Å². The summed E-state index contributed by atoms with van der Waals surface area (Å²) >= 11 is 0. The van der Waals surface area contributed by atoms with Crippen LogP contribution in [0.4, 0.5) is 14.6 Å². The minimum Gasteiger partial charge on any atom is -0.477 e. The summed E-state index contributed by atoms with van der Waals surface area (Å²) in [6, 6.07) is 1.65. The molecule has 0 aromatic carbocycles. The van der Waals surface area contributed by atoms with Gasteiger partial charge in [0.25, 0.3) is 5.92 Å². The molecular formula is C12H12F2N4O2. The Morgan fingerprint density at radius 2 is 2.05 bits per heavy atom. The fourth-order valence-corrected chi connectivity index (χ4v) is 2.25. The molecule has 0 bridgehead atoms. The first kappa shape index (κ1) is 12.8. The molecule has 106 valence electrons. The largest absolute Gasteiger partial charge is 0.477 e.